The summed E-state index contributed by atoms with van der Waals surface area (Å²) in [6, 6.07) is 5.24. The lowest BCUT2D eigenvalue weighted by atomic mass is 10.1. The molecule has 10 heteroatoms. The molecule has 1 heterocycles. The Morgan fingerprint density at radius 1 is 1.19 bits per heavy atom. The van der Waals surface area contributed by atoms with Gasteiger partial charge in [-0.2, -0.15) is 0 Å². The van der Waals surface area contributed by atoms with Crippen LogP contribution in [0.15, 0.2) is 33.8 Å². The third-order valence-electron chi connectivity index (χ3n) is 3.58. The van der Waals surface area contributed by atoms with Crippen molar-refractivity contribution in [1.82, 2.24) is 4.31 Å². The molecule has 0 saturated heterocycles. The first-order chi connectivity index (χ1) is 12.1. The number of sulfonamides is 1. The summed E-state index contributed by atoms with van der Waals surface area (Å²) in [6.45, 7) is 1.44. The molecule has 9 nitrogen and oxygen atoms in total. The van der Waals surface area contributed by atoms with Crippen molar-refractivity contribution < 1.29 is 32.3 Å². The number of carboxylic acid groups (broad SMARTS) is 1. The van der Waals surface area contributed by atoms with Gasteiger partial charge in [-0.3, -0.25) is 4.79 Å². The summed E-state index contributed by atoms with van der Waals surface area (Å²) < 4.78 is 35.3. The number of hydrogen-bond donors (Lipinski definition) is 2. The van der Waals surface area contributed by atoms with Gasteiger partial charge in [0.1, 0.15) is 11.5 Å². The zero-order valence-electron chi connectivity index (χ0n) is 14.6. The van der Waals surface area contributed by atoms with Crippen molar-refractivity contribution in [2.45, 2.75) is 12.0 Å². The third-order valence-corrected chi connectivity index (χ3v) is 5.25. The van der Waals surface area contributed by atoms with Gasteiger partial charge >= 0.3 is 5.97 Å². The molecule has 0 spiro atoms. The molecule has 0 atom stereocenters. The highest BCUT2D eigenvalue weighted by Gasteiger charge is 2.26. The second kappa shape index (κ2) is 7.18. The van der Waals surface area contributed by atoms with Gasteiger partial charge in [0.15, 0.2) is 0 Å². The number of aromatic carboxylic acids is 1. The molecule has 0 aliphatic heterocycles. The van der Waals surface area contributed by atoms with E-state index in [1.807, 2.05) is 0 Å². The molecule has 0 aliphatic carbocycles. The summed E-state index contributed by atoms with van der Waals surface area (Å²) in [7, 11) is 0.224. The molecule has 26 heavy (non-hydrogen) atoms. The van der Waals surface area contributed by atoms with Crippen molar-refractivity contribution in [3.8, 4) is 5.75 Å². The second-order valence-corrected chi connectivity index (χ2v) is 7.58. The minimum atomic E-state index is -3.84. The fourth-order valence-corrected chi connectivity index (χ4v) is 2.97. The fourth-order valence-electron chi connectivity index (χ4n) is 2.11. The summed E-state index contributed by atoms with van der Waals surface area (Å²) in [4.78, 5) is 23.8. The van der Waals surface area contributed by atoms with E-state index < -0.39 is 21.9 Å². The van der Waals surface area contributed by atoms with Crippen molar-refractivity contribution in [3.05, 3.63) is 41.2 Å². The Bertz CT molecular complexity index is 961. The van der Waals surface area contributed by atoms with Crippen LogP contribution in [-0.4, -0.2) is 50.9 Å². The monoisotopic (exact) mass is 382 g/mol. The average Bonchev–Trinajstić information content (AvgIpc) is 2.97. The van der Waals surface area contributed by atoms with E-state index in [0.717, 1.165) is 10.4 Å². The number of rotatable bonds is 6. The molecular weight excluding hydrogens is 364 g/mol. The van der Waals surface area contributed by atoms with Crippen molar-refractivity contribution >= 4 is 27.6 Å². The van der Waals surface area contributed by atoms with Crippen molar-refractivity contribution in [2.24, 2.45) is 0 Å². The van der Waals surface area contributed by atoms with E-state index in [0.29, 0.717) is 5.75 Å². The first-order valence-corrected chi connectivity index (χ1v) is 8.77. The van der Waals surface area contributed by atoms with Crippen LogP contribution in [0, 0.1) is 6.92 Å². The van der Waals surface area contributed by atoms with E-state index in [9.17, 15) is 23.1 Å². The minimum Gasteiger partial charge on any atom is -0.497 e. The molecule has 2 aromatic rings. The van der Waals surface area contributed by atoms with Crippen molar-refractivity contribution in [1.29, 1.82) is 0 Å². The molecule has 0 unspecified atom stereocenters. The number of methoxy groups -OCH3 is 1. The molecule has 1 amide bonds. The molecule has 1 aromatic carbocycles. The van der Waals surface area contributed by atoms with E-state index in [4.69, 9.17) is 9.15 Å². The molecule has 2 rings (SSSR count). The SMILES string of the molecule is COc1ccc(NC(=O)c2cc(S(=O)(=O)N(C)C)oc2C)c(C(=O)O)c1. The highest BCUT2D eigenvalue weighted by Crippen LogP contribution is 2.25. The van der Waals surface area contributed by atoms with Crippen LogP contribution < -0.4 is 10.1 Å². The number of nitrogens with zero attached hydrogens (tertiary/aromatic N) is 1. The lowest BCUT2D eigenvalue weighted by Gasteiger charge is -2.09. The Morgan fingerprint density at radius 2 is 1.85 bits per heavy atom. The maximum atomic E-state index is 12.5. The Morgan fingerprint density at radius 3 is 2.38 bits per heavy atom. The van der Waals surface area contributed by atoms with E-state index in [2.05, 4.69) is 5.32 Å². The van der Waals surface area contributed by atoms with Crippen molar-refractivity contribution in [2.75, 3.05) is 26.5 Å². The lowest BCUT2D eigenvalue weighted by molar-refractivity contribution is 0.0697. The van der Waals surface area contributed by atoms with Crippen LogP contribution in [0.3, 0.4) is 0 Å². The third kappa shape index (κ3) is 3.70. The van der Waals surface area contributed by atoms with Crippen LogP contribution in [0.4, 0.5) is 5.69 Å². The number of hydrogen-bond acceptors (Lipinski definition) is 6. The van der Waals surface area contributed by atoms with E-state index in [1.165, 1.54) is 46.3 Å². The Hall–Kier alpha value is -2.85. The van der Waals surface area contributed by atoms with E-state index in [1.54, 1.807) is 0 Å². The molecule has 1 aromatic heterocycles. The summed E-state index contributed by atoms with van der Waals surface area (Å²) in [5.74, 6) is -1.54. The number of furan rings is 1. The number of nitrogens with one attached hydrogen (secondary N) is 1. The van der Waals surface area contributed by atoms with Gasteiger partial charge < -0.3 is 19.6 Å². The predicted octanol–water partition coefficient (Wildman–Crippen LogP) is 1.80. The predicted molar refractivity (Wildman–Crippen MR) is 92.2 cm³/mol. The minimum absolute atomic E-state index is 0.0161. The maximum Gasteiger partial charge on any atom is 0.337 e. The van der Waals surface area contributed by atoms with Crippen LogP contribution in [0.1, 0.15) is 26.5 Å². The van der Waals surface area contributed by atoms with Gasteiger partial charge in [0.2, 0.25) is 5.09 Å². The average molecular weight is 382 g/mol. The number of carbonyl (C=O) groups is 2. The molecular formula is C16H18N2O7S. The topological polar surface area (TPSA) is 126 Å². The number of carboxylic acids is 1. The lowest BCUT2D eigenvalue weighted by Crippen LogP contribution is -2.21. The molecule has 140 valence electrons. The highest BCUT2D eigenvalue weighted by atomic mass is 32.2. The number of carbonyl (C=O) groups excluding carboxylic acids is 1. The molecule has 0 fully saturated rings. The van der Waals surface area contributed by atoms with E-state index in [-0.39, 0.29) is 27.7 Å². The quantitative estimate of drug-likeness (QED) is 0.780. The van der Waals surface area contributed by atoms with Gasteiger partial charge in [-0.05, 0) is 25.1 Å². The molecule has 0 radical (unpaired) electrons. The summed E-state index contributed by atoms with van der Waals surface area (Å²) in [6.07, 6.45) is 0. The van der Waals surface area contributed by atoms with Crippen LogP contribution in [0.5, 0.6) is 5.75 Å². The van der Waals surface area contributed by atoms with Crippen molar-refractivity contribution in [3.63, 3.8) is 0 Å². The maximum absolute atomic E-state index is 12.5. The Kier molecular flexibility index (Phi) is 5.38. The summed E-state index contributed by atoms with van der Waals surface area (Å²) >= 11 is 0. The van der Waals surface area contributed by atoms with Crippen LogP contribution >= 0.6 is 0 Å². The molecule has 0 saturated carbocycles. The largest absolute Gasteiger partial charge is 0.497 e. The van der Waals surface area contributed by atoms with Gasteiger partial charge in [0, 0.05) is 20.2 Å². The smallest absolute Gasteiger partial charge is 0.337 e. The van der Waals surface area contributed by atoms with Crippen LogP contribution in [0.2, 0.25) is 0 Å². The molecule has 0 aliphatic rings. The van der Waals surface area contributed by atoms with Gasteiger partial charge in [-0.15, -0.1) is 0 Å². The first kappa shape index (κ1) is 19.5. The number of ether oxygens (including phenoxy) is 1. The summed E-state index contributed by atoms with van der Waals surface area (Å²) in [5.41, 5.74) is -0.140. The standard InChI is InChI=1S/C16H18N2O7S/c1-9-11(8-14(25-9)26(22,23)18(2)3)15(19)17-13-6-5-10(24-4)7-12(13)16(20)21/h5-8H,1-4H3,(H,17,19)(H,20,21). The van der Waals surface area contributed by atoms with Gasteiger partial charge in [0.25, 0.3) is 15.9 Å². The van der Waals surface area contributed by atoms with Gasteiger partial charge in [-0.25, -0.2) is 17.5 Å². The molecule has 2 N–H and O–H groups in total. The number of benzene rings is 1. The molecule has 0 bridgehead atoms. The van der Waals surface area contributed by atoms with Gasteiger partial charge in [-0.1, -0.05) is 0 Å². The number of amides is 1. The highest BCUT2D eigenvalue weighted by molar-refractivity contribution is 7.88. The summed E-state index contributed by atoms with van der Waals surface area (Å²) in [5, 5.41) is 11.4. The Labute approximate surface area is 150 Å². The zero-order valence-corrected chi connectivity index (χ0v) is 15.4. The van der Waals surface area contributed by atoms with Gasteiger partial charge in [0.05, 0.1) is 23.9 Å². The fraction of sp³-hybridized carbons (Fsp3) is 0.250. The first-order valence-electron chi connectivity index (χ1n) is 7.33. The van der Waals surface area contributed by atoms with Crippen LogP contribution in [-0.2, 0) is 10.0 Å². The van der Waals surface area contributed by atoms with E-state index >= 15 is 0 Å². The number of anilines is 1. The number of aryl methyl sites for hydroxylation is 1. The van der Waals surface area contributed by atoms with Crippen LogP contribution in [0.25, 0.3) is 0 Å². The Balaban J connectivity index is 2.38. The second-order valence-electron chi connectivity index (χ2n) is 5.49. The normalized spacial score (nSPS) is 11.4. The zero-order chi connectivity index (χ0) is 19.6.